The molecule has 66 valence electrons. The zero-order chi connectivity index (χ0) is 9.14. The minimum Gasteiger partial charge on any atom is -0.497 e. The van der Waals surface area contributed by atoms with Gasteiger partial charge in [-0.2, -0.15) is 0 Å². The van der Waals surface area contributed by atoms with Gasteiger partial charge in [0, 0.05) is 6.07 Å². The molecule has 0 aliphatic rings. The second-order valence-electron chi connectivity index (χ2n) is 2.24. The van der Waals surface area contributed by atoms with Crippen LogP contribution in [0.15, 0.2) is 16.6 Å². The molecule has 0 radical (unpaired) electrons. The Morgan fingerprint density at radius 3 is 2.75 bits per heavy atom. The lowest BCUT2D eigenvalue weighted by molar-refractivity contribution is 0.279. The Bertz CT molecular complexity index is 289. The maximum atomic E-state index is 13.0. The number of aliphatic hydroxyl groups excluding tert-OH is 1. The van der Waals surface area contributed by atoms with Crippen molar-refractivity contribution >= 4 is 15.9 Å². The number of rotatable bonds is 2. The molecule has 2 nitrogen and oxygen atoms in total. The molecule has 0 bridgehead atoms. The molecule has 0 heterocycles. The van der Waals surface area contributed by atoms with Crippen molar-refractivity contribution in [3.8, 4) is 5.75 Å². The van der Waals surface area contributed by atoms with E-state index in [0.717, 1.165) is 0 Å². The quantitative estimate of drug-likeness (QED) is 0.850. The summed E-state index contributed by atoms with van der Waals surface area (Å²) >= 11 is 3.01. The molecule has 0 saturated heterocycles. The Morgan fingerprint density at radius 1 is 1.58 bits per heavy atom. The van der Waals surface area contributed by atoms with Gasteiger partial charge in [0.1, 0.15) is 11.6 Å². The summed E-state index contributed by atoms with van der Waals surface area (Å²) in [5.74, 6) is -0.0295. The van der Waals surface area contributed by atoms with Crippen LogP contribution in [-0.2, 0) is 6.61 Å². The van der Waals surface area contributed by atoms with E-state index in [0.29, 0.717) is 11.3 Å². The first-order valence-electron chi connectivity index (χ1n) is 3.31. The zero-order valence-corrected chi connectivity index (χ0v) is 8.06. The Kier molecular flexibility index (Phi) is 3.05. The Hall–Kier alpha value is -0.610. The molecular weight excluding hydrogens is 227 g/mol. The van der Waals surface area contributed by atoms with Crippen LogP contribution in [-0.4, -0.2) is 12.2 Å². The minimum absolute atomic E-state index is 0.214. The molecule has 0 spiro atoms. The number of hydrogen-bond donors (Lipinski definition) is 1. The number of aliphatic hydroxyl groups is 1. The van der Waals surface area contributed by atoms with Gasteiger partial charge in [-0.15, -0.1) is 0 Å². The molecule has 1 aromatic carbocycles. The highest BCUT2D eigenvalue weighted by molar-refractivity contribution is 9.10. The van der Waals surface area contributed by atoms with E-state index in [4.69, 9.17) is 9.84 Å². The molecule has 0 saturated carbocycles. The number of halogens is 2. The first kappa shape index (κ1) is 9.48. The van der Waals surface area contributed by atoms with Crippen LogP contribution in [0.3, 0.4) is 0 Å². The monoisotopic (exact) mass is 234 g/mol. The Balaban J connectivity index is 3.19. The topological polar surface area (TPSA) is 29.5 Å². The molecule has 0 aliphatic carbocycles. The van der Waals surface area contributed by atoms with Crippen LogP contribution < -0.4 is 4.74 Å². The molecular formula is C8H8BrFO2. The van der Waals surface area contributed by atoms with E-state index in [-0.39, 0.29) is 11.1 Å². The maximum Gasteiger partial charge on any atom is 0.141 e. The van der Waals surface area contributed by atoms with Gasteiger partial charge < -0.3 is 9.84 Å². The highest BCUT2D eigenvalue weighted by Crippen LogP contribution is 2.26. The second-order valence-corrected chi connectivity index (χ2v) is 3.03. The van der Waals surface area contributed by atoms with Gasteiger partial charge in [-0.1, -0.05) is 0 Å². The highest BCUT2D eigenvalue weighted by atomic mass is 79.9. The van der Waals surface area contributed by atoms with Crippen LogP contribution in [0, 0.1) is 5.82 Å². The summed E-state index contributed by atoms with van der Waals surface area (Å²) in [6.45, 7) is -0.214. The molecule has 0 atom stereocenters. The van der Waals surface area contributed by atoms with Crippen LogP contribution in [0.1, 0.15) is 5.56 Å². The lowest BCUT2D eigenvalue weighted by Gasteiger charge is -2.05. The van der Waals surface area contributed by atoms with Gasteiger partial charge in [0.15, 0.2) is 0 Å². The fraction of sp³-hybridized carbons (Fsp3) is 0.250. The molecule has 4 heteroatoms. The van der Waals surface area contributed by atoms with Gasteiger partial charge in [0.25, 0.3) is 0 Å². The summed E-state index contributed by atoms with van der Waals surface area (Å²) in [4.78, 5) is 0. The highest BCUT2D eigenvalue weighted by Gasteiger charge is 2.07. The van der Waals surface area contributed by atoms with Crippen LogP contribution >= 0.6 is 15.9 Å². The fourth-order valence-corrected chi connectivity index (χ4v) is 1.21. The van der Waals surface area contributed by atoms with Crippen LogP contribution in [0.5, 0.6) is 5.75 Å². The summed E-state index contributed by atoms with van der Waals surface area (Å²) in [6, 6.07) is 2.83. The van der Waals surface area contributed by atoms with Gasteiger partial charge in [-0.3, -0.25) is 0 Å². The number of methoxy groups -OCH3 is 1. The third-order valence-electron chi connectivity index (χ3n) is 1.48. The van der Waals surface area contributed by atoms with Gasteiger partial charge in [0.05, 0.1) is 18.2 Å². The normalized spacial score (nSPS) is 10.0. The standard InChI is InChI=1S/C8H8BrFO2/c1-12-6-2-5(4-11)8(9)7(10)3-6/h2-3,11H,4H2,1H3. The largest absolute Gasteiger partial charge is 0.497 e. The smallest absolute Gasteiger partial charge is 0.141 e. The average Bonchev–Trinajstić information content (AvgIpc) is 2.09. The number of ether oxygens (including phenoxy) is 1. The van der Waals surface area contributed by atoms with Crippen molar-refractivity contribution in [1.82, 2.24) is 0 Å². The van der Waals surface area contributed by atoms with Crippen molar-refractivity contribution in [2.75, 3.05) is 7.11 Å². The van der Waals surface area contributed by atoms with E-state index in [9.17, 15) is 4.39 Å². The number of benzene rings is 1. The first-order chi connectivity index (χ1) is 5.69. The summed E-state index contributed by atoms with van der Waals surface area (Å²) in [5, 5.41) is 8.81. The first-order valence-corrected chi connectivity index (χ1v) is 4.11. The van der Waals surface area contributed by atoms with E-state index in [2.05, 4.69) is 15.9 Å². The van der Waals surface area contributed by atoms with E-state index < -0.39 is 5.82 Å². The molecule has 0 amide bonds. The van der Waals surface area contributed by atoms with Crippen LogP contribution in [0.4, 0.5) is 4.39 Å². The van der Waals surface area contributed by atoms with Crippen molar-refractivity contribution in [3.05, 3.63) is 28.0 Å². The SMILES string of the molecule is COc1cc(F)c(Br)c(CO)c1. The molecule has 0 unspecified atom stereocenters. The molecule has 0 aromatic heterocycles. The van der Waals surface area contributed by atoms with Crippen LogP contribution in [0.25, 0.3) is 0 Å². The predicted octanol–water partition coefficient (Wildman–Crippen LogP) is 2.09. The molecule has 1 N–H and O–H groups in total. The predicted molar refractivity (Wildman–Crippen MR) is 46.6 cm³/mol. The van der Waals surface area contributed by atoms with E-state index in [1.165, 1.54) is 13.2 Å². The van der Waals surface area contributed by atoms with Crippen molar-refractivity contribution in [1.29, 1.82) is 0 Å². The lowest BCUT2D eigenvalue weighted by atomic mass is 10.2. The summed E-state index contributed by atoms with van der Waals surface area (Å²) < 4.78 is 18.1. The van der Waals surface area contributed by atoms with E-state index >= 15 is 0 Å². The molecule has 12 heavy (non-hydrogen) atoms. The van der Waals surface area contributed by atoms with E-state index in [1.54, 1.807) is 6.07 Å². The molecule has 0 fully saturated rings. The third kappa shape index (κ3) is 1.76. The van der Waals surface area contributed by atoms with Crippen LogP contribution in [0.2, 0.25) is 0 Å². The molecule has 1 aromatic rings. The van der Waals surface area contributed by atoms with Gasteiger partial charge in [-0.05, 0) is 27.6 Å². The Labute approximate surface area is 78.1 Å². The molecule has 1 rings (SSSR count). The van der Waals surface area contributed by atoms with Gasteiger partial charge in [0.2, 0.25) is 0 Å². The lowest BCUT2D eigenvalue weighted by Crippen LogP contribution is -1.92. The van der Waals surface area contributed by atoms with Crippen molar-refractivity contribution < 1.29 is 14.2 Å². The zero-order valence-electron chi connectivity index (χ0n) is 6.47. The summed E-state index contributed by atoms with van der Waals surface area (Å²) in [6.07, 6.45) is 0. The molecule has 0 aliphatic heterocycles. The third-order valence-corrected chi connectivity index (χ3v) is 2.37. The van der Waals surface area contributed by atoms with Gasteiger partial charge >= 0.3 is 0 Å². The fourth-order valence-electron chi connectivity index (χ4n) is 0.851. The summed E-state index contributed by atoms with van der Waals surface area (Å²) in [7, 11) is 1.45. The average molecular weight is 235 g/mol. The summed E-state index contributed by atoms with van der Waals surface area (Å²) in [5.41, 5.74) is 0.479. The maximum absolute atomic E-state index is 13.0. The van der Waals surface area contributed by atoms with Crippen molar-refractivity contribution in [2.24, 2.45) is 0 Å². The second kappa shape index (κ2) is 3.87. The number of hydrogen-bond acceptors (Lipinski definition) is 2. The van der Waals surface area contributed by atoms with Gasteiger partial charge in [-0.25, -0.2) is 4.39 Å². The minimum atomic E-state index is -0.432. The van der Waals surface area contributed by atoms with E-state index in [1.807, 2.05) is 0 Å². The Morgan fingerprint density at radius 2 is 2.25 bits per heavy atom. The van der Waals surface area contributed by atoms with Crippen molar-refractivity contribution in [2.45, 2.75) is 6.61 Å². The van der Waals surface area contributed by atoms with Crippen molar-refractivity contribution in [3.63, 3.8) is 0 Å².